The van der Waals surface area contributed by atoms with Gasteiger partial charge in [0.15, 0.2) is 0 Å². The molecule has 39 heavy (non-hydrogen) atoms. The minimum atomic E-state index is -0.409. The Morgan fingerprint density at radius 3 is 1.05 bits per heavy atom. The monoisotopic (exact) mass is 626 g/mol. The maximum absolute atomic E-state index is 2.23. The van der Waals surface area contributed by atoms with E-state index in [1.54, 1.807) is 0 Å². The first kappa shape index (κ1) is 32.7. The van der Waals surface area contributed by atoms with Crippen molar-refractivity contribution in [3.05, 3.63) is 170 Å². The van der Waals surface area contributed by atoms with Crippen molar-refractivity contribution in [1.29, 1.82) is 0 Å². The van der Waals surface area contributed by atoms with Crippen molar-refractivity contribution in [3.63, 3.8) is 0 Å². The second kappa shape index (κ2) is 17.3. The first-order valence-electron chi connectivity index (χ1n) is 12.1. The van der Waals surface area contributed by atoms with E-state index in [1.807, 2.05) is 0 Å². The molecule has 6 aromatic carbocycles. The molecule has 0 fully saturated rings. The number of rotatable bonds is 6. The van der Waals surface area contributed by atoms with Gasteiger partial charge in [0, 0.05) is 17.1 Å². The Labute approximate surface area is 258 Å². The summed E-state index contributed by atoms with van der Waals surface area (Å²) in [6.07, 6.45) is 0. The van der Waals surface area contributed by atoms with Gasteiger partial charge in [-0.3, -0.25) is 0 Å². The van der Waals surface area contributed by atoms with Gasteiger partial charge in [-0.15, -0.1) is 30.1 Å². The van der Waals surface area contributed by atoms with Gasteiger partial charge in [0.25, 0.3) is 0 Å². The fourth-order valence-electron chi connectivity index (χ4n) is 4.23. The second-order valence-electron chi connectivity index (χ2n) is 8.30. The van der Waals surface area contributed by atoms with E-state index >= 15 is 0 Å². The number of hydrogen-bond acceptors (Lipinski definition) is 0. The second-order valence-corrected chi connectivity index (χ2v) is 12.7. The van der Waals surface area contributed by atoms with Crippen LogP contribution in [0.25, 0.3) is 0 Å². The van der Waals surface area contributed by atoms with E-state index in [-0.39, 0.29) is 41.9 Å². The van der Waals surface area contributed by atoms with Crippen molar-refractivity contribution in [2.24, 2.45) is 0 Å². The van der Waals surface area contributed by atoms with Crippen molar-refractivity contribution in [1.82, 2.24) is 0 Å². The molecule has 5 heteroatoms. The first-order valence-corrected chi connectivity index (χ1v) is 14.8. The zero-order valence-electron chi connectivity index (χ0n) is 21.2. The molecule has 0 N–H and O–H groups in total. The van der Waals surface area contributed by atoms with Crippen molar-refractivity contribution in [3.8, 4) is 0 Å². The van der Waals surface area contributed by atoms with Crippen molar-refractivity contribution >= 4 is 72.5 Å². The van der Waals surface area contributed by atoms with Crippen LogP contribution in [0.1, 0.15) is 0 Å². The Bertz CT molecular complexity index is 1220. The zero-order valence-corrected chi connectivity index (χ0v) is 25.8. The Kier molecular flexibility index (Phi) is 14.5. The third-order valence-corrected chi connectivity index (χ3v) is 10.8. The fourth-order valence-corrected chi connectivity index (χ4v) is 8.84. The Balaban J connectivity index is 0.000000254. The minimum absolute atomic E-state index is 0. The SMILES string of the molecule is Cl.Cl.[Fe].c1ccc(P(c2ccccc2)[c-]2[cH-][cH-][cH-][cH-]2)cc1.c1ccc(P(c2ccccc2)[c-]2cccc2)cc1. The van der Waals surface area contributed by atoms with E-state index in [4.69, 9.17) is 0 Å². The average molecular weight is 627 g/mol. The summed E-state index contributed by atoms with van der Waals surface area (Å²) >= 11 is 0. The molecular weight excluding hydrogens is 597 g/mol. The Morgan fingerprint density at radius 2 is 0.718 bits per heavy atom. The fraction of sp³-hybridized carbons (Fsp3) is 0. The molecule has 0 aliphatic carbocycles. The summed E-state index contributed by atoms with van der Waals surface area (Å²) in [5, 5.41) is 8.47. The van der Waals surface area contributed by atoms with E-state index < -0.39 is 15.8 Å². The van der Waals surface area contributed by atoms with E-state index in [2.05, 4.69) is 170 Å². The van der Waals surface area contributed by atoms with Gasteiger partial charge in [0.2, 0.25) is 0 Å². The molecular formula is C34H30Cl2FeP2-6. The number of halogens is 2. The third-order valence-electron chi connectivity index (χ3n) is 5.86. The zero-order chi connectivity index (χ0) is 24.4. The molecule has 0 saturated carbocycles. The van der Waals surface area contributed by atoms with Crippen LogP contribution in [-0.4, -0.2) is 0 Å². The van der Waals surface area contributed by atoms with Crippen LogP contribution < -0.4 is 31.8 Å². The van der Waals surface area contributed by atoms with Gasteiger partial charge in [-0.25, -0.2) is 20.1 Å². The predicted molar refractivity (Wildman–Crippen MR) is 176 cm³/mol. The molecule has 0 unspecified atom stereocenters. The van der Waals surface area contributed by atoms with Gasteiger partial charge >= 0.3 is 0 Å². The van der Waals surface area contributed by atoms with Crippen LogP contribution in [0.2, 0.25) is 0 Å². The van der Waals surface area contributed by atoms with Crippen molar-refractivity contribution in [2.75, 3.05) is 0 Å². The van der Waals surface area contributed by atoms with Gasteiger partial charge in [-0.1, -0.05) is 140 Å². The van der Waals surface area contributed by atoms with Crippen LogP contribution in [0, 0.1) is 0 Å². The summed E-state index contributed by atoms with van der Waals surface area (Å²) in [7, 11) is -0.818. The van der Waals surface area contributed by atoms with Crippen molar-refractivity contribution < 1.29 is 17.1 Å². The molecule has 6 aromatic rings. The summed E-state index contributed by atoms with van der Waals surface area (Å²) in [4.78, 5) is 0. The molecule has 6 rings (SSSR count). The molecule has 0 heterocycles. The van der Waals surface area contributed by atoms with Crippen LogP contribution >= 0.6 is 40.7 Å². The first-order chi connectivity index (χ1) is 17.9. The molecule has 0 aliphatic heterocycles. The minimum Gasteiger partial charge on any atom is -0.747 e. The predicted octanol–water partition coefficient (Wildman–Crippen LogP) is 7.17. The van der Waals surface area contributed by atoms with Crippen molar-refractivity contribution in [2.45, 2.75) is 0 Å². The molecule has 0 atom stereocenters. The van der Waals surface area contributed by atoms with E-state index in [0.29, 0.717) is 0 Å². The standard InChI is InChI=1S/2C17H14P.2ClH.Fe/c2*1-3-9-15(10-4-1)18(17-13-7-8-14-17)16-11-5-2-6-12-16;;;/h2*1-14H;2*1H;/q-5;-1;;;. The van der Waals surface area contributed by atoms with Gasteiger partial charge in [0.1, 0.15) is 0 Å². The Hall–Kier alpha value is -2.46. The normalized spacial score (nSPS) is 9.90. The molecule has 0 amide bonds. The van der Waals surface area contributed by atoms with Crippen LogP contribution in [0.4, 0.5) is 0 Å². The van der Waals surface area contributed by atoms with E-state index in [0.717, 1.165) is 0 Å². The molecule has 0 aromatic heterocycles. The molecule has 0 bridgehead atoms. The smallest absolute Gasteiger partial charge is 0 e. The molecule has 0 nitrogen and oxygen atoms in total. The maximum atomic E-state index is 2.23. The quantitative estimate of drug-likeness (QED) is 0.104. The average Bonchev–Trinajstić information content (AvgIpc) is 3.68. The third kappa shape index (κ3) is 8.76. The van der Waals surface area contributed by atoms with Crippen LogP contribution in [-0.2, 0) is 17.1 Å². The molecule has 0 saturated heterocycles. The van der Waals surface area contributed by atoms with E-state index in [1.165, 1.54) is 31.8 Å². The summed E-state index contributed by atoms with van der Waals surface area (Å²) < 4.78 is 0. The largest absolute Gasteiger partial charge is 0.747 e. The van der Waals surface area contributed by atoms with Gasteiger partial charge in [0.05, 0.1) is 0 Å². The maximum Gasteiger partial charge on any atom is 0 e. The molecule has 204 valence electrons. The molecule has 0 radical (unpaired) electrons. The summed E-state index contributed by atoms with van der Waals surface area (Å²) in [6.45, 7) is 0. The number of benzene rings is 4. The summed E-state index contributed by atoms with van der Waals surface area (Å²) in [6, 6.07) is 60.5. The van der Waals surface area contributed by atoms with Crippen LogP contribution in [0.5, 0.6) is 0 Å². The number of hydrogen-bond donors (Lipinski definition) is 0. The van der Waals surface area contributed by atoms with Crippen LogP contribution in [0.15, 0.2) is 170 Å². The summed E-state index contributed by atoms with van der Waals surface area (Å²) in [5.41, 5.74) is 0. The van der Waals surface area contributed by atoms with Gasteiger partial charge < -0.3 is 29.6 Å². The van der Waals surface area contributed by atoms with Crippen LogP contribution in [0.3, 0.4) is 0 Å². The molecule has 0 spiro atoms. The van der Waals surface area contributed by atoms with Gasteiger partial charge in [-0.2, -0.15) is 12.1 Å². The summed E-state index contributed by atoms with van der Waals surface area (Å²) in [5.74, 6) is 0. The Morgan fingerprint density at radius 1 is 0.410 bits per heavy atom. The van der Waals surface area contributed by atoms with E-state index in [9.17, 15) is 0 Å². The topological polar surface area (TPSA) is 0 Å². The van der Waals surface area contributed by atoms with Gasteiger partial charge in [-0.05, 0) is 10.6 Å². The molecule has 0 aliphatic rings.